The smallest absolute Gasteiger partial charge is 0.338 e. The summed E-state index contributed by atoms with van der Waals surface area (Å²) in [5.74, 6) is 0.460. The minimum Gasteiger partial charge on any atom is -0.465 e. The molecule has 3 fully saturated rings. The third-order valence-electron chi connectivity index (χ3n) is 5.89. The van der Waals surface area contributed by atoms with Crippen molar-refractivity contribution in [2.45, 2.75) is 45.3 Å². The van der Waals surface area contributed by atoms with E-state index in [9.17, 15) is 4.79 Å². The van der Waals surface area contributed by atoms with Gasteiger partial charge in [0, 0.05) is 30.6 Å². The Labute approximate surface area is 154 Å². The number of hydrogen-bond acceptors (Lipinski definition) is 5. The number of esters is 1. The first-order valence-electron chi connectivity index (χ1n) is 9.62. The van der Waals surface area contributed by atoms with Crippen LogP contribution in [0.1, 0.15) is 48.8 Å². The van der Waals surface area contributed by atoms with Gasteiger partial charge >= 0.3 is 5.97 Å². The van der Waals surface area contributed by atoms with E-state index in [4.69, 9.17) is 9.84 Å². The number of carbonyl (C=O) groups excluding carboxylic acids is 1. The molecule has 0 spiro atoms. The summed E-state index contributed by atoms with van der Waals surface area (Å²) in [6.45, 7) is 8.50. The molecule has 2 aromatic rings. The molecule has 0 unspecified atom stereocenters. The first kappa shape index (κ1) is 17.5. The van der Waals surface area contributed by atoms with E-state index in [1.807, 2.05) is 22.9 Å². The Morgan fingerprint density at radius 1 is 1.35 bits per heavy atom. The molecule has 0 aliphatic carbocycles. The van der Waals surface area contributed by atoms with Gasteiger partial charge < -0.3 is 15.0 Å². The minimum atomic E-state index is -0.303. The zero-order valence-electron chi connectivity index (χ0n) is 15.9. The Morgan fingerprint density at radius 2 is 2.12 bits per heavy atom. The first-order valence-corrected chi connectivity index (χ1v) is 9.62. The lowest BCUT2D eigenvalue weighted by Crippen LogP contribution is -2.55. The summed E-state index contributed by atoms with van der Waals surface area (Å²) in [4.78, 5) is 14.8. The van der Waals surface area contributed by atoms with Gasteiger partial charge in [0.15, 0.2) is 0 Å². The summed E-state index contributed by atoms with van der Waals surface area (Å²) < 4.78 is 7.01. The van der Waals surface area contributed by atoms with Crippen LogP contribution in [0.5, 0.6) is 0 Å². The number of rotatable bonds is 5. The van der Waals surface area contributed by atoms with Gasteiger partial charge in [-0.15, -0.1) is 0 Å². The Hall–Kier alpha value is -1.92. The Balaban J connectivity index is 1.66. The molecular formula is C20H28N4O2. The van der Waals surface area contributed by atoms with Crippen LogP contribution in [0.25, 0.3) is 10.9 Å². The molecule has 0 radical (unpaired) electrons. The number of aromatic nitrogens is 2. The van der Waals surface area contributed by atoms with Crippen LogP contribution in [0.4, 0.5) is 0 Å². The monoisotopic (exact) mass is 356 g/mol. The zero-order chi connectivity index (χ0) is 18.3. The van der Waals surface area contributed by atoms with Crippen LogP contribution in [0.3, 0.4) is 0 Å². The minimum absolute atomic E-state index is 0.232. The molecule has 0 saturated carbocycles. The van der Waals surface area contributed by atoms with Crippen molar-refractivity contribution in [3.63, 3.8) is 0 Å². The zero-order valence-corrected chi connectivity index (χ0v) is 15.9. The van der Waals surface area contributed by atoms with E-state index in [2.05, 4.69) is 24.1 Å². The fourth-order valence-corrected chi connectivity index (χ4v) is 4.49. The van der Waals surface area contributed by atoms with E-state index >= 15 is 0 Å². The van der Waals surface area contributed by atoms with E-state index in [1.54, 1.807) is 0 Å². The summed E-state index contributed by atoms with van der Waals surface area (Å²) in [6.07, 6.45) is 2.57. The summed E-state index contributed by atoms with van der Waals surface area (Å²) in [7, 11) is 1.43. The molecule has 6 heteroatoms. The lowest BCUT2D eigenvalue weighted by atomic mass is 9.84. The van der Waals surface area contributed by atoms with Crippen molar-refractivity contribution in [1.29, 1.82) is 0 Å². The summed E-state index contributed by atoms with van der Waals surface area (Å²) >= 11 is 0. The van der Waals surface area contributed by atoms with Gasteiger partial charge in [-0.25, -0.2) is 4.79 Å². The van der Waals surface area contributed by atoms with Crippen molar-refractivity contribution >= 4 is 16.9 Å². The lowest BCUT2D eigenvalue weighted by molar-refractivity contribution is 0.0603. The van der Waals surface area contributed by atoms with E-state index in [-0.39, 0.29) is 12.0 Å². The van der Waals surface area contributed by atoms with Crippen LogP contribution in [0.2, 0.25) is 0 Å². The molecule has 6 nitrogen and oxygen atoms in total. The number of ether oxygens (including phenoxy) is 1. The molecule has 1 N–H and O–H groups in total. The SMILES string of the molecule is COC(=O)c1cccc2c1c(CN[C@H]1CN3CCC1CC3)nn2C(C)C. The number of benzene rings is 1. The van der Waals surface area contributed by atoms with Crippen molar-refractivity contribution in [2.24, 2.45) is 5.92 Å². The second-order valence-corrected chi connectivity index (χ2v) is 7.80. The Morgan fingerprint density at radius 3 is 2.73 bits per heavy atom. The number of piperidine rings is 3. The maximum absolute atomic E-state index is 12.3. The fourth-order valence-electron chi connectivity index (χ4n) is 4.49. The Bertz CT molecular complexity index is 805. The van der Waals surface area contributed by atoms with Crippen molar-refractivity contribution in [3.8, 4) is 0 Å². The van der Waals surface area contributed by atoms with Gasteiger partial charge in [-0.1, -0.05) is 6.07 Å². The topological polar surface area (TPSA) is 59.4 Å². The van der Waals surface area contributed by atoms with Gasteiger partial charge in [0.2, 0.25) is 0 Å². The van der Waals surface area contributed by atoms with Crippen LogP contribution in [0, 0.1) is 5.92 Å². The highest BCUT2D eigenvalue weighted by Gasteiger charge is 2.34. The predicted molar refractivity (Wildman–Crippen MR) is 101 cm³/mol. The number of fused-ring (bicyclic) bond motifs is 4. The number of nitrogens with zero attached hydrogens (tertiary/aromatic N) is 3. The maximum atomic E-state index is 12.3. The fraction of sp³-hybridized carbons (Fsp3) is 0.600. The standard InChI is InChI=1S/C20H28N4O2/c1-13(2)24-18-6-4-5-15(20(25)26-3)19(18)16(22-24)11-21-17-12-23-9-7-14(17)8-10-23/h4-6,13-14,17,21H,7-12H2,1-3H3/t17-/m0/s1. The predicted octanol–water partition coefficient (Wildman–Crippen LogP) is 2.59. The molecule has 4 heterocycles. The second-order valence-electron chi connectivity index (χ2n) is 7.80. The van der Waals surface area contributed by atoms with E-state index in [0.29, 0.717) is 18.2 Å². The number of hydrogen-bond donors (Lipinski definition) is 1. The third kappa shape index (κ3) is 3.01. The van der Waals surface area contributed by atoms with Crippen molar-refractivity contribution in [3.05, 3.63) is 29.5 Å². The number of nitrogens with one attached hydrogen (secondary N) is 1. The highest BCUT2D eigenvalue weighted by Crippen LogP contribution is 2.29. The molecule has 3 aliphatic heterocycles. The largest absolute Gasteiger partial charge is 0.465 e. The highest BCUT2D eigenvalue weighted by molar-refractivity contribution is 6.04. The molecule has 2 bridgehead atoms. The average molecular weight is 356 g/mol. The molecule has 1 atom stereocenters. The normalized spacial score (nSPS) is 25.2. The molecule has 140 valence electrons. The van der Waals surface area contributed by atoms with Crippen molar-refractivity contribution in [1.82, 2.24) is 20.0 Å². The van der Waals surface area contributed by atoms with Gasteiger partial charge in [0.05, 0.1) is 23.9 Å². The molecular weight excluding hydrogens is 328 g/mol. The summed E-state index contributed by atoms with van der Waals surface area (Å²) in [6, 6.07) is 6.52. The third-order valence-corrected chi connectivity index (χ3v) is 5.89. The summed E-state index contributed by atoms with van der Waals surface area (Å²) in [5, 5.41) is 9.49. The van der Waals surface area contributed by atoms with E-state index in [0.717, 1.165) is 29.1 Å². The molecule has 26 heavy (non-hydrogen) atoms. The van der Waals surface area contributed by atoms with Crippen LogP contribution < -0.4 is 5.32 Å². The van der Waals surface area contributed by atoms with E-state index in [1.165, 1.54) is 33.0 Å². The summed E-state index contributed by atoms with van der Waals surface area (Å²) in [5.41, 5.74) is 2.53. The molecule has 1 aromatic carbocycles. The highest BCUT2D eigenvalue weighted by atomic mass is 16.5. The van der Waals surface area contributed by atoms with Crippen molar-refractivity contribution in [2.75, 3.05) is 26.7 Å². The first-order chi connectivity index (χ1) is 12.6. The van der Waals surface area contributed by atoms with E-state index < -0.39 is 0 Å². The molecule has 3 aliphatic rings. The van der Waals surface area contributed by atoms with Crippen LogP contribution in [-0.4, -0.2) is 53.4 Å². The van der Waals surface area contributed by atoms with Crippen LogP contribution in [0.15, 0.2) is 18.2 Å². The van der Waals surface area contributed by atoms with Crippen LogP contribution >= 0.6 is 0 Å². The number of carbonyl (C=O) groups is 1. The van der Waals surface area contributed by atoms with Gasteiger partial charge in [-0.3, -0.25) is 4.68 Å². The van der Waals surface area contributed by atoms with Crippen LogP contribution in [-0.2, 0) is 11.3 Å². The quantitative estimate of drug-likeness (QED) is 0.835. The van der Waals surface area contributed by atoms with Gasteiger partial charge in [0.25, 0.3) is 0 Å². The molecule has 0 amide bonds. The maximum Gasteiger partial charge on any atom is 0.338 e. The van der Waals surface area contributed by atoms with Gasteiger partial charge in [-0.05, 0) is 57.8 Å². The molecule has 3 saturated heterocycles. The molecule has 1 aromatic heterocycles. The van der Waals surface area contributed by atoms with Gasteiger partial charge in [0.1, 0.15) is 0 Å². The lowest BCUT2D eigenvalue weighted by Gasteiger charge is -2.45. The average Bonchev–Trinajstić information content (AvgIpc) is 3.06. The Kier molecular flexibility index (Phi) is 4.71. The molecule has 5 rings (SSSR count). The second kappa shape index (κ2) is 7.00. The van der Waals surface area contributed by atoms with Crippen molar-refractivity contribution < 1.29 is 9.53 Å². The van der Waals surface area contributed by atoms with Gasteiger partial charge in [-0.2, -0.15) is 5.10 Å². The number of methoxy groups -OCH3 is 1.